The average Bonchev–Trinajstić information content (AvgIpc) is 2.96. The third kappa shape index (κ3) is 5.33. The summed E-state index contributed by atoms with van der Waals surface area (Å²) in [5, 5.41) is 31.7. The number of imide groups is 1. The van der Waals surface area contributed by atoms with Crippen molar-refractivity contribution in [3.05, 3.63) is 35.4 Å². The van der Waals surface area contributed by atoms with Gasteiger partial charge in [-0.15, -0.1) is 0 Å². The molecule has 0 bridgehead atoms. The van der Waals surface area contributed by atoms with Crippen molar-refractivity contribution in [1.29, 1.82) is 0 Å². The van der Waals surface area contributed by atoms with E-state index in [-0.39, 0.29) is 17.9 Å². The van der Waals surface area contributed by atoms with Crippen LogP contribution in [0.1, 0.15) is 33.6 Å². The number of fused-ring (bicyclic) bond motifs is 1. The first kappa shape index (κ1) is 20.5. The zero-order valence-corrected chi connectivity index (χ0v) is 14.3. The van der Waals surface area contributed by atoms with Gasteiger partial charge in [0.2, 0.25) is 0 Å². The average molecular weight is 380 g/mol. The minimum Gasteiger partial charge on any atom is -0.479 e. The van der Waals surface area contributed by atoms with Crippen molar-refractivity contribution >= 4 is 23.8 Å². The molecule has 27 heavy (non-hydrogen) atoms. The second kappa shape index (κ2) is 9.21. The molecule has 0 aliphatic carbocycles. The highest BCUT2D eigenvalue weighted by atomic mass is 16.6. The molecule has 0 aromatic heterocycles. The molecule has 1 fully saturated rings. The minimum absolute atomic E-state index is 0.300. The van der Waals surface area contributed by atoms with Crippen molar-refractivity contribution in [3.8, 4) is 0 Å². The number of aliphatic carboxylic acids is 1. The van der Waals surface area contributed by atoms with E-state index >= 15 is 0 Å². The van der Waals surface area contributed by atoms with Crippen LogP contribution in [0.15, 0.2) is 24.3 Å². The van der Waals surface area contributed by atoms with E-state index in [1.54, 1.807) is 24.3 Å². The van der Waals surface area contributed by atoms with Gasteiger partial charge in [0.25, 0.3) is 11.8 Å². The van der Waals surface area contributed by atoms with E-state index in [0.29, 0.717) is 24.1 Å². The number of esters is 1. The second-order valence-electron chi connectivity index (χ2n) is 5.96. The Hall–Kier alpha value is -2.82. The van der Waals surface area contributed by atoms with Crippen LogP contribution in [-0.4, -0.2) is 70.5 Å². The number of ether oxygens (including phenoxy) is 1. The SMILES string of the molecule is O=C(OC1CCCNC1)[C@@H](O)[C@@H](O)C(=O)O.O=C1NC(=O)c2ccccc21. The number of hydrogen-bond acceptors (Lipinski definition) is 8. The normalized spacial score (nSPS) is 20.4. The van der Waals surface area contributed by atoms with Crippen molar-refractivity contribution in [2.24, 2.45) is 0 Å². The van der Waals surface area contributed by atoms with Crippen LogP contribution in [0.4, 0.5) is 0 Å². The lowest BCUT2D eigenvalue weighted by molar-refractivity contribution is -0.174. The van der Waals surface area contributed by atoms with Gasteiger partial charge in [-0.05, 0) is 31.5 Å². The maximum absolute atomic E-state index is 11.2. The summed E-state index contributed by atoms with van der Waals surface area (Å²) in [6, 6.07) is 6.74. The summed E-state index contributed by atoms with van der Waals surface area (Å²) in [6.07, 6.45) is -3.06. The second-order valence-corrected chi connectivity index (χ2v) is 5.96. The summed E-state index contributed by atoms with van der Waals surface area (Å²) in [6.45, 7) is 1.32. The predicted octanol–water partition coefficient (Wildman–Crippen LogP) is -1.34. The first-order valence-corrected chi connectivity index (χ1v) is 8.26. The molecule has 5 N–H and O–H groups in total. The van der Waals surface area contributed by atoms with E-state index in [1.165, 1.54) is 0 Å². The highest BCUT2D eigenvalue weighted by Gasteiger charge is 2.33. The number of carboxylic acid groups (broad SMARTS) is 1. The topological polar surface area (TPSA) is 162 Å². The molecular formula is C17H20N2O8. The Morgan fingerprint density at radius 2 is 1.67 bits per heavy atom. The number of carbonyl (C=O) groups is 4. The molecule has 2 aliphatic rings. The van der Waals surface area contributed by atoms with Gasteiger partial charge in [-0.2, -0.15) is 0 Å². The standard InChI is InChI=1S/C9H15NO6.C8H5NO2/c11-6(8(13)14)7(12)9(15)16-5-2-1-3-10-4-5;10-7-5-3-1-2-4-6(5)8(11)9-7/h5-7,10-12H,1-4H2,(H,13,14);1-4H,(H,9,10,11)/t5?,6-,7+;/m1./s1. The molecule has 1 saturated heterocycles. The van der Waals surface area contributed by atoms with Gasteiger partial charge in [0.15, 0.2) is 12.2 Å². The van der Waals surface area contributed by atoms with Crippen molar-refractivity contribution < 1.29 is 39.2 Å². The van der Waals surface area contributed by atoms with Gasteiger partial charge in [-0.3, -0.25) is 14.9 Å². The number of piperidine rings is 1. The number of rotatable bonds is 4. The van der Waals surface area contributed by atoms with Crippen LogP contribution < -0.4 is 10.6 Å². The molecule has 1 unspecified atom stereocenters. The van der Waals surface area contributed by atoms with Crippen LogP contribution in [0.2, 0.25) is 0 Å². The molecule has 1 aromatic rings. The van der Waals surface area contributed by atoms with Crippen LogP contribution in [0, 0.1) is 0 Å². The molecule has 0 spiro atoms. The minimum atomic E-state index is -2.15. The molecule has 2 amide bonds. The summed E-state index contributed by atoms with van der Waals surface area (Å²) in [7, 11) is 0. The monoisotopic (exact) mass is 380 g/mol. The Kier molecular flexibility index (Phi) is 6.99. The van der Waals surface area contributed by atoms with E-state index in [1.807, 2.05) is 0 Å². The summed E-state index contributed by atoms with van der Waals surface area (Å²) in [5.74, 6) is -3.37. The summed E-state index contributed by atoms with van der Waals surface area (Å²) in [5.41, 5.74) is 0.940. The van der Waals surface area contributed by atoms with Crippen LogP contribution in [0.5, 0.6) is 0 Å². The maximum Gasteiger partial charge on any atom is 0.338 e. The maximum atomic E-state index is 11.2. The molecular weight excluding hydrogens is 360 g/mol. The molecule has 2 aliphatic heterocycles. The number of aliphatic hydroxyl groups is 2. The molecule has 3 atom stereocenters. The zero-order valence-electron chi connectivity index (χ0n) is 14.3. The third-order valence-electron chi connectivity index (χ3n) is 3.97. The molecule has 10 nitrogen and oxygen atoms in total. The third-order valence-corrected chi connectivity index (χ3v) is 3.97. The van der Waals surface area contributed by atoms with E-state index < -0.39 is 24.1 Å². The van der Waals surface area contributed by atoms with Gasteiger partial charge in [0.1, 0.15) is 6.10 Å². The van der Waals surface area contributed by atoms with Crippen LogP contribution in [0.3, 0.4) is 0 Å². The predicted molar refractivity (Wildman–Crippen MR) is 89.9 cm³/mol. The van der Waals surface area contributed by atoms with Gasteiger partial charge in [0, 0.05) is 6.54 Å². The quantitative estimate of drug-likeness (QED) is 0.314. The Balaban J connectivity index is 0.000000206. The van der Waals surface area contributed by atoms with Crippen molar-refractivity contribution in [1.82, 2.24) is 10.6 Å². The fourth-order valence-electron chi connectivity index (χ4n) is 2.54. The number of carboxylic acids is 1. The smallest absolute Gasteiger partial charge is 0.338 e. The number of nitrogens with one attached hydrogen (secondary N) is 2. The molecule has 3 rings (SSSR count). The van der Waals surface area contributed by atoms with Gasteiger partial charge >= 0.3 is 11.9 Å². The number of carbonyl (C=O) groups excluding carboxylic acids is 3. The first-order valence-electron chi connectivity index (χ1n) is 8.26. The molecule has 1 aromatic carbocycles. The largest absolute Gasteiger partial charge is 0.479 e. The molecule has 10 heteroatoms. The molecule has 2 heterocycles. The number of hydrogen-bond donors (Lipinski definition) is 5. The number of aliphatic hydroxyl groups excluding tert-OH is 2. The Morgan fingerprint density at radius 3 is 2.15 bits per heavy atom. The van der Waals surface area contributed by atoms with Crippen molar-refractivity contribution in [3.63, 3.8) is 0 Å². The lowest BCUT2D eigenvalue weighted by Crippen LogP contribution is -2.44. The van der Waals surface area contributed by atoms with E-state index in [0.717, 1.165) is 13.0 Å². The summed E-state index contributed by atoms with van der Waals surface area (Å²) in [4.78, 5) is 43.4. The van der Waals surface area contributed by atoms with Crippen molar-refractivity contribution in [2.45, 2.75) is 31.2 Å². The fraction of sp³-hybridized carbons (Fsp3) is 0.412. The van der Waals surface area contributed by atoms with Gasteiger partial charge in [-0.25, -0.2) is 9.59 Å². The first-order chi connectivity index (χ1) is 12.8. The van der Waals surface area contributed by atoms with Gasteiger partial charge in [-0.1, -0.05) is 12.1 Å². The van der Waals surface area contributed by atoms with Crippen molar-refractivity contribution in [2.75, 3.05) is 13.1 Å². The fourth-order valence-corrected chi connectivity index (χ4v) is 2.54. The molecule has 0 saturated carbocycles. The van der Waals surface area contributed by atoms with Gasteiger partial charge in [0.05, 0.1) is 11.1 Å². The Morgan fingerprint density at radius 1 is 1.07 bits per heavy atom. The lowest BCUT2D eigenvalue weighted by Gasteiger charge is -2.24. The Labute approximate surface area is 154 Å². The van der Waals surface area contributed by atoms with Crippen LogP contribution >= 0.6 is 0 Å². The van der Waals surface area contributed by atoms with Crippen LogP contribution in [0.25, 0.3) is 0 Å². The lowest BCUT2D eigenvalue weighted by atomic mass is 10.1. The van der Waals surface area contributed by atoms with Gasteiger partial charge < -0.3 is 25.4 Å². The highest BCUT2D eigenvalue weighted by Crippen LogP contribution is 2.13. The van der Waals surface area contributed by atoms with E-state index in [4.69, 9.17) is 20.1 Å². The zero-order chi connectivity index (χ0) is 20.0. The molecule has 146 valence electrons. The molecule has 0 radical (unpaired) electrons. The summed E-state index contributed by atoms with van der Waals surface area (Å²) >= 11 is 0. The van der Waals surface area contributed by atoms with E-state index in [2.05, 4.69) is 10.6 Å². The number of benzene rings is 1. The summed E-state index contributed by atoms with van der Waals surface area (Å²) < 4.78 is 4.85. The van der Waals surface area contributed by atoms with E-state index in [9.17, 15) is 19.2 Å². The van der Waals surface area contributed by atoms with Crippen LogP contribution in [-0.2, 0) is 14.3 Å². The Bertz CT molecular complexity index is 696. The highest BCUT2D eigenvalue weighted by molar-refractivity contribution is 6.21. The number of amides is 2.